The molecular weight excluding hydrogens is 340 g/mol. The Morgan fingerprint density at radius 3 is 2.36 bits per heavy atom. The summed E-state index contributed by atoms with van der Waals surface area (Å²) >= 11 is 0. The molecule has 0 saturated carbocycles. The third-order valence-electron chi connectivity index (χ3n) is 1.65. The van der Waals surface area contributed by atoms with Crippen LogP contribution in [0.15, 0.2) is 30.3 Å². The van der Waals surface area contributed by atoms with E-state index in [9.17, 15) is 0 Å². The zero-order chi connectivity index (χ0) is 8.65. The molecule has 0 bridgehead atoms. The van der Waals surface area contributed by atoms with Crippen molar-refractivity contribution >= 4 is 0 Å². The van der Waals surface area contributed by atoms with Gasteiger partial charge in [0.05, 0.1) is 6.61 Å². The molecule has 0 unspecified atom stereocenters. The molecule has 0 aromatic heterocycles. The fourth-order valence-electron chi connectivity index (χ4n) is 0.968. The first-order chi connectivity index (χ1) is 5.93. The third kappa shape index (κ3) is 7.89. The van der Waals surface area contributed by atoms with E-state index in [0.717, 1.165) is 26.1 Å². The first kappa shape index (κ1) is 16.9. The summed E-state index contributed by atoms with van der Waals surface area (Å²) in [6.07, 6.45) is 2.00. The van der Waals surface area contributed by atoms with Crippen LogP contribution >= 0.6 is 0 Å². The molecule has 0 aliphatic rings. The molecular formula is C11H15IOZn-. The van der Waals surface area contributed by atoms with Gasteiger partial charge in [-0.1, -0.05) is 43.7 Å². The minimum Gasteiger partial charge on any atom is -1.00 e. The first-order valence-corrected chi connectivity index (χ1v) is 4.34. The molecule has 0 amide bonds. The standard InChI is InChI=1S/C11H15O.HI.Zn/c1-2-3-9-12-10-11-7-5-4-6-8-11;;/h4-8H,1-3,9-10H2;1H;/p-1. The second-order valence-corrected chi connectivity index (χ2v) is 2.75. The summed E-state index contributed by atoms with van der Waals surface area (Å²) in [5, 5.41) is 0. The van der Waals surface area contributed by atoms with Crippen LogP contribution in [0, 0.1) is 6.92 Å². The van der Waals surface area contributed by atoms with Gasteiger partial charge in [0, 0.05) is 26.1 Å². The minimum absolute atomic E-state index is 0. The van der Waals surface area contributed by atoms with Crippen molar-refractivity contribution in [1.29, 1.82) is 0 Å². The molecule has 0 N–H and O–H groups in total. The molecule has 1 nitrogen and oxygen atoms in total. The van der Waals surface area contributed by atoms with Gasteiger partial charge in [-0.3, -0.25) is 0 Å². The summed E-state index contributed by atoms with van der Waals surface area (Å²) in [7, 11) is 0. The van der Waals surface area contributed by atoms with Crippen molar-refractivity contribution in [3.63, 3.8) is 0 Å². The van der Waals surface area contributed by atoms with Gasteiger partial charge in [0.25, 0.3) is 0 Å². The number of benzene rings is 1. The van der Waals surface area contributed by atoms with E-state index in [1.807, 2.05) is 18.2 Å². The van der Waals surface area contributed by atoms with E-state index in [1.165, 1.54) is 5.56 Å². The predicted molar refractivity (Wildman–Crippen MR) is 50.7 cm³/mol. The molecule has 0 saturated heterocycles. The van der Waals surface area contributed by atoms with Crippen LogP contribution in [0.3, 0.4) is 0 Å². The van der Waals surface area contributed by atoms with Crippen LogP contribution in [-0.4, -0.2) is 6.61 Å². The summed E-state index contributed by atoms with van der Waals surface area (Å²) in [6.45, 7) is 5.29. The Morgan fingerprint density at radius 2 is 1.79 bits per heavy atom. The fraction of sp³-hybridized carbons (Fsp3) is 0.364. The smallest absolute Gasteiger partial charge is 0.0716 e. The molecule has 75 valence electrons. The largest absolute Gasteiger partial charge is 1.00 e. The predicted octanol–water partition coefficient (Wildman–Crippen LogP) is -0.181. The van der Waals surface area contributed by atoms with Crippen LogP contribution in [0.5, 0.6) is 0 Å². The molecule has 3 heteroatoms. The zero-order valence-electron chi connectivity index (χ0n) is 8.42. The maximum atomic E-state index is 5.42. The van der Waals surface area contributed by atoms with Gasteiger partial charge in [-0.25, -0.2) is 0 Å². The summed E-state index contributed by atoms with van der Waals surface area (Å²) in [5.41, 5.74) is 1.24. The molecule has 0 fully saturated rings. The topological polar surface area (TPSA) is 9.23 Å². The fourth-order valence-corrected chi connectivity index (χ4v) is 0.968. The molecule has 14 heavy (non-hydrogen) atoms. The number of ether oxygens (including phenoxy) is 1. The molecule has 0 atom stereocenters. The van der Waals surface area contributed by atoms with E-state index >= 15 is 0 Å². The van der Waals surface area contributed by atoms with Crippen molar-refractivity contribution < 1.29 is 48.2 Å². The Balaban J connectivity index is 0. The van der Waals surface area contributed by atoms with E-state index in [0.29, 0.717) is 0 Å². The van der Waals surface area contributed by atoms with Crippen LogP contribution in [-0.2, 0) is 30.8 Å². The van der Waals surface area contributed by atoms with Crippen molar-refractivity contribution in [1.82, 2.24) is 0 Å². The van der Waals surface area contributed by atoms with E-state index in [2.05, 4.69) is 19.1 Å². The number of rotatable bonds is 5. The quantitative estimate of drug-likeness (QED) is 0.405. The third-order valence-corrected chi connectivity index (χ3v) is 1.65. The van der Waals surface area contributed by atoms with Gasteiger partial charge in [0.2, 0.25) is 0 Å². The number of halogens is 1. The van der Waals surface area contributed by atoms with Crippen LogP contribution < -0.4 is 24.0 Å². The van der Waals surface area contributed by atoms with Gasteiger partial charge in [-0.15, -0.1) is 0 Å². The molecule has 1 radical (unpaired) electrons. The van der Waals surface area contributed by atoms with Crippen molar-refractivity contribution in [2.75, 3.05) is 6.61 Å². The Kier molecular flexibility index (Phi) is 14.0. The van der Waals surface area contributed by atoms with Gasteiger partial charge in [0.1, 0.15) is 0 Å². The van der Waals surface area contributed by atoms with E-state index in [-0.39, 0.29) is 43.5 Å². The number of hydrogen-bond acceptors (Lipinski definition) is 1. The number of unbranched alkanes of at least 4 members (excludes halogenated alkanes) is 1. The molecule has 1 rings (SSSR count). The van der Waals surface area contributed by atoms with Gasteiger partial charge in [0.15, 0.2) is 0 Å². The molecule has 0 aliphatic heterocycles. The van der Waals surface area contributed by atoms with E-state index in [1.54, 1.807) is 0 Å². The van der Waals surface area contributed by atoms with Crippen molar-refractivity contribution in [3.8, 4) is 0 Å². The van der Waals surface area contributed by atoms with Crippen LogP contribution in [0.4, 0.5) is 0 Å². The first-order valence-electron chi connectivity index (χ1n) is 4.34. The van der Waals surface area contributed by atoms with Crippen molar-refractivity contribution in [3.05, 3.63) is 42.8 Å². The van der Waals surface area contributed by atoms with Crippen LogP contribution in [0.1, 0.15) is 18.4 Å². The summed E-state index contributed by atoms with van der Waals surface area (Å²) in [5.74, 6) is 0. The van der Waals surface area contributed by atoms with Crippen LogP contribution in [0.25, 0.3) is 0 Å². The molecule has 1 aromatic rings. The second kappa shape index (κ2) is 11.6. The molecule has 0 aliphatic carbocycles. The van der Waals surface area contributed by atoms with E-state index < -0.39 is 0 Å². The van der Waals surface area contributed by atoms with Gasteiger partial charge >= 0.3 is 0 Å². The van der Waals surface area contributed by atoms with Crippen molar-refractivity contribution in [2.45, 2.75) is 19.4 Å². The molecule has 1 aromatic carbocycles. The average molecular weight is 356 g/mol. The maximum Gasteiger partial charge on any atom is 0.0716 e. The molecule has 0 heterocycles. The molecule has 0 spiro atoms. The normalized spacial score (nSPS) is 8.64. The second-order valence-electron chi connectivity index (χ2n) is 2.75. The van der Waals surface area contributed by atoms with Crippen molar-refractivity contribution in [2.24, 2.45) is 0 Å². The summed E-state index contributed by atoms with van der Waals surface area (Å²) in [4.78, 5) is 0. The summed E-state index contributed by atoms with van der Waals surface area (Å²) < 4.78 is 5.42. The van der Waals surface area contributed by atoms with Crippen LogP contribution in [0.2, 0.25) is 0 Å². The zero-order valence-corrected chi connectivity index (χ0v) is 13.5. The monoisotopic (exact) mass is 354 g/mol. The van der Waals surface area contributed by atoms with E-state index in [4.69, 9.17) is 4.74 Å². The average Bonchev–Trinajstić information content (AvgIpc) is 2.14. The Morgan fingerprint density at radius 1 is 1.14 bits per heavy atom. The SMILES string of the molecule is [CH2]CCCOCc1ccccc1.[I-].[Zn]. The number of hydrogen-bond donors (Lipinski definition) is 0. The maximum absolute atomic E-state index is 5.42. The Bertz CT molecular complexity index is 204. The van der Waals surface area contributed by atoms with Gasteiger partial charge < -0.3 is 28.7 Å². The Labute approximate surface area is 116 Å². The Hall–Kier alpha value is 0.533. The minimum atomic E-state index is 0. The van der Waals surface area contributed by atoms with Gasteiger partial charge in [-0.05, 0) is 12.0 Å². The van der Waals surface area contributed by atoms with Gasteiger partial charge in [-0.2, -0.15) is 0 Å². The summed E-state index contributed by atoms with van der Waals surface area (Å²) in [6, 6.07) is 10.2.